The van der Waals surface area contributed by atoms with Gasteiger partial charge in [-0.1, -0.05) is 0 Å². The Bertz CT molecular complexity index is 377. The van der Waals surface area contributed by atoms with Gasteiger partial charge in [0, 0.05) is 23.3 Å². The first kappa shape index (κ1) is 14.0. The average Bonchev–Trinajstić information content (AvgIpc) is 2.54. The molecule has 0 saturated carbocycles. The van der Waals surface area contributed by atoms with Crippen LogP contribution in [0.15, 0.2) is 29.9 Å². The Labute approximate surface area is 120 Å². The van der Waals surface area contributed by atoms with Crippen molar-refractivity contribution in [1.29, 1.82) is 0 Å². The maximum Gasteiger partial charge on any atom is 0.180 e. The summed E-state index contributed by atoms with van der Waals surface area (Å²) < 4.78 is 0. The van der Waals surface area contributed by atoms with E-state index in [1.165, 1.54) is 11.3 Å². The predicted octanol–water partition coefficient (Wildman–Crippen LogP) is 3.02. The van der Waals surface area contributed by atoms with E-state index in [0.717, 1.165) is 11.3 Å². The third kappa shape index (κ3) is 3.31. The van der Waals surface area contributed by atoms with Crippen LogP contribution >= 0.6 is 59.3 Å². The van der Waals surface area contributed by atoms with Gasteiger partial charge in [0.05, 0.1) is 5.69 Å². The minimum atomic E-state index is 0. The van der Waals surface area contributed by atoms with Gasteiger partial charge in [0.2, 0.25) is 0 Å². The van der Waals surface area contributed by atoms with Crippen molar-refractivity contribution < 1.29 is 0 Å². The van der Waals surface area contributed by atoms with Gasteiger partial charge < -0.3 is 5.73 Å². The second-order valence-electron chi connectivity index (χ2n) is 2.31. The molecule has 0 aromatic carbocycles. The molecule has 76 valence electrons. The van der Waals surface area contributed by atoms with E-state index in [-0.39, 0.29) is 48.0 Å². The van der Waals surface area contributed by atoms with Crippen LogP contribution in [0, 0.1) is 0 Å². The van der Waals surface area contributed by atoms with Crippen LogP contribution in [-0.2, 0) is 0 Å². The van der Waals surface area contributed by atoms with Gasteiger partial charge in [0.1, 0.15) is 0 Å². The van der Waals surface area contributed by atoms with E-state index in [2.05, 4.69) is 9.97 Å². The molecule has 0 bridgehead atoms. The first-order valence-corrected chi connectivity index (χ1v) is 4.35. The van der Waals surface area contributed by atoms with Crippen LogP contribution < -0.4 is 5.73 Å². The summed E-state index contributed by atoms with van der Waals surface area (Å²) in [4.78, 5) is 8.07. The van der Waals surface area contributed by atoms with Crippen LogP contribution in [0.1, 0.15) is 0 Å². The van der Waals surface area contributed by atoms with Crippen LogP contribution in [0.2, 0.25) is 0 Å². The average molecular weight is 433 g/mol. The first-order valence-electron chi connectivity index (χ1n) is 3.47. The summed E-state index contributed by atoms with van der Waals surface area (Å²) in [7, 11) is 0. The monoisotopic (exact) mass is 433 g/mol. The topological polar surface area (TPSA) is 51.8 Å². The molecule has 2 aromatic rings. The molecule has 2 rings (SSSR count). The number of nitrogen functional groups attached to an aromatic ring is 1. The minimum Gasteiger partial charge on any atom is -0.375 e. The van der Waals surface area contributed by atoms with Crippen molar-refractivity contribution in [3.8, 4) is 11.3 Å². The van der Waals surface area contributed by atoms with E-state index in [4.69, 9.17) is 5.73 Å². The SMILES string of the molecule is I.I.Nc1nc(-c2ccncc2)cs1. The maximum atomic E-state index is 5.51. The van der Waals surface area contributed by atoms with E-state index in [1.54, 1.807) is 12.4 Å². The molecule has 2 N–H and O–H groups in total. The number of pyridine rings is 1. The molecular weight excluding hydrogens is 424 g/mol. The number of hydrogen-bond acceptors (Lipinski definition) is 4. The lowest BCUT2D eigenvalue weighted by Gasteiger charge is -1.92. The Balaban J connectivity index is 0.000000845. The zero-order chi connectivity index (χ0) is 8.39. The molecule has 0 saturated heterocycles. The Kier molecular flexibility index (Phi) is 6.53. The van der Waals surface area contributed by atoms with Crippen LogP contribution in [-0.4, -0.2) is 9.97 Å². The summed E-state index contributed by atoms with van der Waals surface area (Å²) in [6, 6.07) is 3.82. The standard InChI is InChI=1S/C8H7N3S.2HI/c9-8-11-7(5-12-8)6-1-3-10-4-2-6;;/h1-5H,(H2,9,11);2*1H. The molecule has 0 aliphatic rings. The van der Waals surface area contributed by atoms with Crippen molar-refractivity contribution in [3.63, 3.8) is 0 Å². The zero-order valence-electron chi connectivity index (χ0n) is 7.08. The molecule has 2 aromatic heterocycles. The third-order valence-electron chi connectivity index (χ3n) is 1.50. The second-order valence-corrected chi connectivity index (χ2v) is 3.20. The highest BCUT2D eigenvalue weighted by Gasteiger charge is 1.99. The lowest BCUT2D eigenvalue weighted by atomic mass is 10.2. The fraction of sp³-hybridized carbons (Fsp3) is 0. The number of nitrogens with zero attached hydrogens (tertiary/aromatic N) is 2. The van der Waals surface area contributed by atoms with Gasteiger partial charge in [-0.3, -0.25) is 4.98 Å². The van der Waals surface area contributed by atoms with Gasteiger partial charge in [-0.05, 0) is 12.1 Å². The minimum absolute atomic E-state index is 0. The highest BCUT2D eigenvalue weighted by atomic mass is 127. The van der Waals surface area contributed by atoms with E-state index in [9.17, 15) is 0 Å². The molecule has 3 nitrogen and oxygen atoms in total. The Morgan fingerprint density at radius 3 is 2.29 bits per heavy atom. The highest BCUT2D eigenvalue weighted by molar-refractivity contribution is 14.0. The fourth-order valence-electron chi connectivity index (χ4n) is 0.943. The summed E-state index contributed by atoms with van der Waals surface area (Å²) in [6.45, 7) is 0. The summed E-state index contributed by atoms with van der Waals surface area (Å²) in [5.41, 5.74) is 7.48. The highest BCUT2D eigenvalue weighted by Crippen LogP contribution is 2.21. The summed E-state index contributed by atoms with van der Waals surface area (Å²) in [6.07, 6.45) is 3.48. The molecule has 14 heavy (non-hydrogen) atoms. The molecule has 0 atom stereocenters. The van der Waals surface area contributed by atoms with Crippen molar-refractivity contribution in [2.24, 2.45) is 0 Å². The third-order valence-corrected chi connectivity index (χ3v) is 2.17. The van der Waals surface area contributed by atoms with Crippen LogP contribution in [0.25, 0.3) is 11.3 Å². The number of anilines is 1. The molecule has 2 heterocycles. The number of aromatic nitrogens is 2. The lowest BCUT2D eigenvalue weighted by Crippen LogP contribution is -1.82. The quantitative estimate of drug-likeness (QED) is 0.704. The molecule has 0 aliphatic heterocycles. The van der Waals surface area contributed by atoms with Crippen molar-refractivity contribution in [1.82, 2.24) is 9.97 Å². The molecule has 0 radical (unpaired) electrons. The Morgan fingerprint density at radius 1 is 1.14 bits per heavy atom. The number of thiazole rings is 1. The van der Waals surface area contributed by atoms with Gasteiger partial charge in [0.15, 0.2) is 5.13 Å². The largest absolute Gasteiger partial charge is 0.375 e. The molecule has 0 amide bonds. The van der Waals surface area contributed by atoms with Gasteiger partial charge in [-0.25, -0.2) is 4.98 Å². The van der Waals surface area contributed by atoms with Gasteiger partial charge in [-0.15, -0.1) is 59.3 Å². The van der Waals surface area contributed by atoms with Crippen LogP contribution in [0.4, 0.5) is 5.13 Å². The second kappa shape index (κ2) is 6.51. The molecule has 0 spiro atoms. The van der Waals surface area contributed by atoms with E-state index in [1.807, 2.05) is 17.5 Å². The van der Waals surface area contributed by atoms with Crippen molar-refractivity contribution in [2.45, 2.75) is 0 Å². The molecule has 0 unspecified atom stereocenters. The van der Waals surface area contributed by atoms with E-state index in [0.29, 0.717) is 5.13 Å². The molecular formula is C8H9I2N3S. The van der Waals surface area contributed by atoms with Crippen LogP contribution in [0.5, 0.6) is 0 Å². The molecule has 6 heteroatoms. The molecule has 0 aliphatic carbocycles. The Hall–Kier alpha value is 0.0400. The van der Waals surface area contributed by atoms with Gasteiger partial charge in [-0.2, -0.15) is 0 Å². The Morgan fingerprint density at radius 2 is 1.79 bits per heavy atom. The smallest absolute Gasteiger partial charge is 0.180 e. The van der Waals surface area contributed by atoms with E-state index < -0.39 is 0 Å². The molecule has 0 fully saturated rings. The van der Waals surface area contributed by atoms with Crippen molar-refractivity contribution >= 4 is 64.4 Å². The van der Waals surface area contributed by atoms with Gasteiger partial charge >= 0.3 is 0 Å². The summed E-state index contributed by atoms with van der Waals surface area (Å²) in [5.74, 6) is 0. The lowest BCUT2D eigenvalue weighted by molar-refractivity contribution is 1.31. The van der Waals surface area contributed by atoms with Crippen molar-refractivity contribution in [3.05, 3.63) is 29.9 Å². The van der Waals surface area contributed by atoms with E-state index >= 15 is 0 Å². The van der Waals surface area contributed by atoms with Crippen LogP contribution in [0.3, 0.4) is 0 Å². The number of rotatable bonds is 1. The van der Waals surface area contributed by atoms with Crippen molar-refractivity contribution in [2.75, 3.05) is 5.73 Å². The number of halogens is 2. The zero-order valence-corrected chi connectivity index (χ0v) is 12.6. The summed E-state index contributed by atoms with van der Waals surface area (Å²) >= 11 is 1.45. The summed E-state index contributed by atoms with van der Waals surface area (Å²) in [5, 5.41) is 2.53. The number of hydrogen-bond donors (Lipinski definition) is 1. The predicted molar refractivity (Wildman–Crippen MR) is 80.6 cm³/mol. The first-order chi connectivity index (χ1) is 5.86. The fourth-order valence-corrected chi connectivity index (χ4v) is 1.52. The van der Waals surface area contributed by atoms with Gasteiger partial charge in [0.25, 0.3) is 0 Å². The maximum absolute atomic E-state index is 5.51. The number of nitrogens with two attached hydrogens (primary N) is 1. The normalized spacial score (nSPS) is 8.57.